The van der Waals surface area contributed by atoms with Crippen molar-refractivity contribution in [3.63, 3.8) is 0 Å². The minimum absolute atomic E-state index is 0.171. The molecule has 3 N–H and O–H groups in total. The van der Waals surface area contributed by atoms with E-state index in [1.165, 1.54) is 24.3 Å². The summed E-state index contributed by atoms with van der Waals surface area (Å²) in [5, 5.41) is 33.0. The molecular formula is C13H12N2O5. The molecule has 0 spiro atoms. The minimum Gasteiger partial charge on any atom is -0.504 e. The Morgan fingerprint density at radius 2 is 2.05 bits per heavy atom. The molecular weight excluding hydrogens is 264 g/mol. The van der Waals surface area contributed by atoms with Crippen LogP contribution in [0.15, 0.2) is 28.7 Å². The van der Waals surface area contributed by atoms with Gasteiger partial charge in [0, 0.05) is 6.54 Å². The fourth-order valence-electron chi connectivity index (χ4n) is 2.43. The molecule has 104 valence electrons. The van der Waals surface area contributed by atoms with E-state index in [1.807, 2.05) is 0 Å². The van der Waals surface area contributed by atoms with Crippen LogP contribution in [0, 0.1) is 10.1 Å². The second-order valence-corrected chi connectivity index (χ2v) is 4.61. The van der Waals surface area contributed by atoms with Gasteiger partial charge in [0.25, 0.3) is 0 Å². The molecule has 0 saturated carbocycles. The highest BCUT2D eigenvalue weighted by atomic mass is 16.6. The number of nitro groups is 1. The zero-order valence-corrected chi connectivity index (χ0v) is 10.4. The molecule has 20 heavy (non-hydrogen) atoms. The van der Waals surface area contributed by atoms with Crippen LogP contribution in [0.1, 0.15) is 22.9 Å². The van der Waals surface area contributed by atoms with E-state index in [9.17, 15) is 20.3 Å². The number of furan rings is 1. The fourth-order valence-corrected chi connectivity index (χ4v) is 2.43. The predicted molar refractivity (Wildman–Crippen MR) is 68.7 cm³/mol. The summed E-state index contributed by atoms with van der Waals surface area (Å²) in [6.45, 7) is 0.649. The highest BCUT2D eigenvalue weighted by Gasteiger charge is 2.27. The largest absolute Gasteiger partial charge is 0.504 e. The van der Waals surface area contributed by atoms with E-state index in [4.69, 9.17) is 4.42 Å². The first-order valence-corrected chi connectivity index (χ1v) is 6.08. The molecule has 0 saturated heterocycles. The van der Waals surface area contributed by atoms with E-state index in [2.05, 4.69) is 5.32 Å². The predicted octanol–water partition coefficient (Wildman–Crippen LogP) is 1.83. The van der Waals surface area contributed by atoms with E-state index >= 15 is 0 Å². The molecule has 0 fully saturated rings. The van der Waals surface area contributed by atoms with Crippen LogP contribution in [0.25, 0.3) is 0 Å². The van der Waals surface area contributed by atoms with Crippen LogP contribution in [0.4, 0.5) is 5.88 Å². The number of aromatic hydroxyl groups is 2. The number of rotatable bonds is 2. The third-order valence-corrected chi connectivity index (χ3v) is 3.37. The maximum absolute atomic E-state index is 10.7. The number of fused-ring (bicyclic) bond motifs is 1. The van der Waals surface area contributed by atoms with Gasteiger partial charge in [-0.05, 0) is 35.7 Å². The van der Waals surface area contributed by atoms with Gasteiger partial charge in [0.2, 0.25) is 0 Å². The Bertz CT molecular complexity index is 679. The monoisotopic (exact) mass is 276 g/mol. The molecule has 0 bridgehead atoms. The van der Waals surface area contributed by atoms with Crippen molar-refractivity contribution in [2.75, 3.05) is 6.54 Å². The lowest BCUT2D eigenvalue weighted by atomic mass is 9.92. The Kier molecular flexibility index (Phi) is 2.83. The van der Waals surface area contributed by atoms with Gasteiger partial charge in [-0.15, -0.1) is 0 Å². The molecule has 2 heterocycles. The van der Waals surface area contributed by atoms with Crippen molar-refractivity contribution in [1.82, 2.24) is 5.32 Å². The maximum atomic E-state index is 10.7. The van der Waals surface area contributed by atoms with Gasteiger partial charge in [-0.3, -0.25) is 10.1 Å². The van der Waals surface area contributed by atoms with Crippen LogP contribution in [0.3, 0.4) is 0 Å². The molecule has 0 radical (unpaired) electrons. The summed E-state index contributed by atoms with van der Waals surface area (Å²) < 4.78 is 5.21. The number of nitrogens with zero attached hydrogens (tertiary/aromatic N) is 1. The second-order valence-electron chi connectivity index (χ2n) is 4.61. The molecule has 1 aromatic heterocycles. The molecule has 2 aromatic rings. The van der Waals surface area contributed by atoms with Crippen LogP contribution in [-0.4, -0.2) is 21.7 Å². The quantitative estimate of drug-likeness (QED) is 0.438. The Morgan fingerprint density at radius 1 is 1.30 bits per heavy atom. The molecule has 1 unspecified atom stereocenters. The van der Waals surface area contributed by atoms with Gasteiger partial charge in [0.1, 0.15) is 10.7 Å². The van der Waals surface area contributed by atoms with Crippen molar-refractivity contribution >= 4 is 5.88 Å². The van der Waals surface area contributed by atoms with Gasteiger partial charge >= 0.3 is 5.88 Å². The van der Waals surface area contributed by atoms with E-state index in [0.29, 0.717) is 18.7 Å². The number of phenols is 2. The van der Waals surface area contributed by atoms with E-state index in [-0.39, 0.29) is 23.4 Å². The standard InChI is InChI=1S/C13H12N2O5/c16-9-5-7-3-4-14-13(8(7)6-10(9)17)11-1-2-12(20-11)15(18)19/h1-2,5-6,13-14,16-17H,3-4H2. The second kappa shape index (κ2) is 4.53. The molecule has 1 atom stereocenters. The summed E-state index contributed by atoms with van der Waals surface area (Å²) in [5.41, 5.74) is 1.62. The SMILES string of the molecule is O=[N+]([O-])c1ccc(C2NCCc3cc(O)c(O)cc32)o1. The summed E-state index contributed by atoms with van der Waals surface area (Å²) in [6.07, 6.45) is 0.697. The van der Waals surface area contributed by atoms with Crippen molar-refractivity contribution in [3.8, 4) is 11.5 Å². The normalized spacial score (nSPS) is 17.7. The van der Waals surface area contributed by atoms with Crippen molar-refractivity contribution in [2.24, 2.45) is 0 Å². The molecule has 7 heteroatoms. The van der Waals surface area contributed by atoms with Gasteiger partial charge in [-0.2, -0.15) is 0 Å². The van der Waals surface area contributed by atoms with Crippen LogP contribution < -0.4 is 5.32 Å². The molecule has 0 amide bonds. The third-order valence-electron chi connectivity index (χ3n) is 3.37. The molecule has 7 nitrogen and oxygen atoms in total. The molecule has 0 aliphatic carbocycles. The van der Waals surface area contributed by atoms with Gasteiger partial charge in [0.15, 0.2) is 11.5 Å². The number of benzene rings is 1. The topological polar surface area (TPSA) is 109 Å². The summed E-state index contributed by atoms with van der Waals surface area (Å²) >= 11 is 0. The van der Waals surface area contributed by atoms with Gasteiger partial charge in [-0.1, -0.05) is 0 Å². The summed E-state index contributed by atoms with van der Waals surface area (Å²) in [6, 6.07) is 5.42. The van der Waals surface area contributed by atoms with Crippen molar-refractivity contribution in [3.05, 3.63) is 51.3 Å². The lowest BCUT2D eigenvalue weighted by Crippen LogP contribution is -2.30. The van der Waals surface area contributed by atoms with E-state index in [1.54, 1.807) is 0 Å². The lowest BCUT2D eigenvalue weighted by Gasteiger charge is -2.25. The minimum atomic E-state index is -0.596. The Hall–Kier alpha value is -2.54. The van der Waals surface area contributed by atoms with E-state index in [0.717, 1.165) is 11.1 Å². The number of phenolic OH excluding ortho intramolecular Hbond substituents is 2. The van der Waals surface area contributed by atoms with Gasteiger partial charge < -0.3 is 19.9 Å². The van der Waals surface area contributed by atoms with Gasteiger partial charge in [0.05, 0.1) is 12.1 Å². The molecule has 1 aromatic carbocycles. The first kappa shape index (κ1) is 12.5. The number of nitrogens with one attached hydrogen (secondary N) is 1. The highest BCUT2D eigenvalue weighted by molar-refractivity contribution is 5.49. The number of hydrogen-bond acceptors (Lipinski definition) is 6. The highest BCUT2D eigenvalue weighted by Crippen LogP contribution is 2.37. The smallest absolute Gasteiger partial charge is 0.433 e. The third kappa shape index (κ3) is 1.97. The zero-order chi connectivity index (χ0) is 14.3. The van der Waals surface area contributed by atoms with Crippen LogP contribution >= 0.6 is 0 Å². The average molecular weight is 276 g/mol. The maximum Gasteiger partial charge on any atom is 0.433 e. The van der Waals surface area contributed by atoms with Crippen molar-refractivity contribution < 1.29 is 19.6 Å². The summed E-state index contributed by atoms with van der Waals surface area (Å²) in [5.74, 6) is -0.312. The Labute approximate surface area is 113 Å². The van der Waals surface area contributed by atoms with Crippen LogP contribution in [-0.2, 0) is 6.42 Å². The summed E-state index contributed by atoms with van der Waals surface area (Å²) in [7, 11) is 0. The zero-order valence-electron chi connectivity index (χ0n) is 10.4. The van der Waals surface area contributed by atoms with Crippen LogP contribution in [0.5, 0.6) is 11.5 Å². The first-order chi connectivity index (χ1) is 9.56. The number of hydrogen-bond donors (Lipinski definition) is 3. The van der Waals surface area contributed by atoms with E-state index < -0.39 is 4.92 Å². The Balaban J connectivity index is 2.04. The Morgan fingerprint density at radius 3 is 2.75 bits per heavy atom. The first-order valence-electron chi connectivity index (χ1n) is 6.08. The van der Waals surface area contributed by atoms with Crippen molar-refractivity contribution in [2.45, 2.75) is 12.5 Å². The fraction of sp³-hybridized carbons (Fsp3) is 0.231. The lowest BCUT2D eigenvalue weighted by molar-refractivity contribution is -0.402. The molecule has 3 rings (SSSR count). The summed E-state index contributed by atoms with van der Waals surface area (Å²) in [4.78, 5) is 10.1. The average Bonchev–Trinajstić information content (AvgIpc) is 2.89. The van der Waals surface area contributed by atoms with Gasteiger partial charge in [-0.25, -0.2) is 0 Å². The molecule has 1 aliphatic heterocycles. The van der Waals surface area contributed by atoms with Crippen molar-refractivity contribution in [1.29, 1.82) is 0 Å². The molecule has 1 aliphatic rings. The van der Waals surface area contributed by atoms with Crippen LogP contribution in [0.2, 0.25) is 0 Å².